The van der Waals surface area contributed by atoms with Crippen LogP contribution in [0.2, 0.25) is 5.02 Å². The highest BCUT2D eigenvalue weighted by molar-refractivity contribution is 7.20. The van der Waals surface area contributed by atoms with Crippen molar-refractivity contribution >= 4 is 33.0 Å². The molecule has 1 saturated heterocycles. The van der Waals surface area contributed by atoms with E-state index in [4.69, 9.17) is 11.6 Å². The van der Waals surface area contributed by atoms with E-state index in [1.54, 1.807) is 11.3 Å². The lowest BCUT2D eigenvalue weighted by atomic mass is 10.1. The number of hydrogen-bond acceptors (Lipinski definition) is 4. The lowest BCUT2D eigenvalue weighted by Gasteiger charge is -2.25. The number of imidazole rings is 1. The zero-order chi connectivity index (χ0) is 14.2. The smallest absolute Gasteiger partial charge is 0.214 e. The van der Waals surface area contributed by atoms with Crippen LogP contribution in [0.4, 0.5) is 5.13 Å². The Bertz CT molecular complexity index is 724. The molecule has 3 aromatic rings. The first-order valence-electron chi connectivity index (χ1n) is 7.17. The van der Waals surface area contributed by atoms with Gasteiger partial charge in [0.2, 0.25) is 10.1 Å². The van der Waals surface area contributed by atoms with Gasteiger partial charge in [0.25, 0.3) is 0 Å². The zero-order valence-electron chi connectivity index (χ0n) is 11.5. The SMILES string of the molecule is Clc1ccc(-c2cn3nc(N4CCCCC4)sc3n2)cc1. The minimum absolute atomic E-state index is 0.741. The van der Waals surface area contributed by atoms with Crippen molar-refractivity contribution in [3.8, 4) is 11.3 Å². The molecule has 1 fully saturated rings. The Morgan fingerprint density at radius 1 is 1.05 bits per heavy atom. The normalized spacial score (nSPS) is 15.8. The number of benzene rings is 1. The van der Waals surface area contributed by atoms with Gasteiger partial charge in [0.05, 0.1) is 11.9 Å². The number of nitrogens with zero attached hydrogens (tertiary/aromatic N) is 4. The van der Waals surface area contributed by atoms with Crippen LogP contribution in [-0.4, -0.2) is 27.7 Å². The Morgan fingerprint density at radius 3 is 2.52 bits per heavy atom. The molecule has 4 rings (SSSR count). The first-order valence-corrected chi connectivity index (χ1v) is 8.36. The van der Waals surface area contributed by atoms with Crippen LogP contribution in [0.1, 0.15) is 19.3 Å². The molecule has 2 aromatic heterocycles. The fraction of sp³-hybridized carbons (Fsp3) is 0.333. The van der Waals surface area contributed by atoms with Crippen molar-refractivity contribution in [2.75, 3.05) is 18.0 Å². The summed E-state index contributed by atoms with van der Waals surface area (Å²) in [6.07, 6.45) is 5.85. The molecule has 0 aliphatic carbocycles. The molecule has 1 aliphatic rings. The average Bonchev–Trinajstić information content (AvgIpc) is 3.07. The predicted octanol–water partition coefficient (Wildman–Crippen LogP) is 4.10. The van der Waals surface area contributed by atoms with E-state index in [2.05, 4.69) is 15.0 Å². The fourth-order valence-corrected chi connectivity index (χ4v) is 3.72. The standard InChI is InChI=1S/C15H15ClN4S/c16-12-6-4-11(5-7-12)13-10-20-14(17-13)21-15(18-20)19-8-2-1-3-9-19/h4-7,10H,1-3,8-9H2. The maximum Gasteiger partial charge on any atom is 0.214 e. The summed E-state index contributed by atoms with van der Waals surface area (Å²) >= 11 is 7.59. The maximum absolute atomic E-state index is 5.92. The molecule has 0 saturated carbocycles. The minimum Gasteiger partial charge on any atom is -0.347 e. The first kappa shape index (κ1) is 13.1. The fourth-order valence-electron chi connectivity index (χ4n) is 2.66. The van der Waals surface area contributed by atoms with E-state index >= 15 is 0 Å². The van der Waals surface area contributed by atoms with Gasteiger partial charge in [-0.15, -0.1) is 5.10 Å². The molecule has 0 spiro atoms. The summed E-state index contributed by atoms with van der Waals surface area (Å²) in [5.74, 6) is 0. The molecular formula is C15H15ClN4S. The Labute approximate surface area is 132 Å². The third-order valence-electron chi connectivity index (χ3n) is 3.80. The van der Waals surface area contributed by atoms with Crippen LogP contribution >= 0.6 is 22.9 Å². The van der Waals surface area contributed by atoms with Crippen molar-refractivity contribution in [2.45, 2.75) is 19.3 Å². The lowest BCUT2D eigenvalue weighted by Crippen LogP contribution is -2.29. The minimum atomic E-state index is 0.741. The Hall–Kier alpha value is -1.59. The third kappa shape index (κ3) is 2.51. The van der Waals surface area contributed by atoms with E-state index < -0.39 is 0 Å². The summed E-state index contributed by atoms with van der Waals surface area (Å²) in [4.78, 5) is 7.99. The van der Waals surface area contributed by atoms with Crippen LogP contribution in [-0.2, 0) is 0 Å². The van der Waals surface area contributed by atoms with E-state index in [0.29, 0.717) is 0 Å². The van der Waals surface area contributed by atoms with Crippen LogP contribution in [0, 0.1) is 0 Å². The van der Waals surface area contributed by atoms with Crippen molar-refractivity contribution in [1.29, 1.82) is 0 Å². The molecule has 108 valence electrons. The van der Waals surface area contributed by atoms with E-state index in [0.717, 1.165) is 39.5 Å². The summed E-state index contributed by atoms with van der Waals surface area (Å²) < 4.78 is 1.89. The third-order valence-corrected chi connectivity index (χ3v) is 5.03. The summed E-state index contributed by atoms with van der Waals surface area (Å²) in [7, 11) is 0. The van der Waals surface area contributed by atoms with Crippen molar-refractivity contribution < 1.29 is 0 Å². The molecular weight excluding hydrogens is 304 g/mol. The first-order chi connectivity index (χ1) is 10.3. The molecule has 1 aromatic carbocycles. The van der Waals surface area contributed by atoms with E-state index in [1.165, 1.54) is 19.3 Å². The molecule has 21 heavy (non-hydrogen) atoms. The van der Waals surface area contributed by atoms with E-state index in [1.807, 2.05) is 35.0 Å². The largest absolute Gasteiger partial charge is 0.347 e. The molecule has 6 heteroatoms. The molecule has 3 heterocycles. The van der Waals surface area contributed by atoms with Gasteiger partial charge in [-0.05, 0) is 31.4 Å². The van der Waals surface area contributed by atoms with Crippen LogP contribution < -0.4 is 4.90 Å². The van der Waals surface area contributed by atoms with E-state index in [9.17, 15) is 0 Å². The molecule has 0 radical (unpaired) electrons. The molecule has 0 unspecified atom stereocenters. The Balaban J connectivity index is 1.65. The van der Waals surface area contributed by atoms with Crippen LogP contribution in [0.15, 0.2) is 30.5 Å². The second-order valence-electron chi connectivity index (χ2n) is 5.29. The molecule has 0 bridgehead atoms. The quantitative estimate of drug-likeness (QED) is 0.713. The number of halogens is 1. The highest BCUT2D eigenvalue weighted by Crippen LogP contribution is 2.28. The van der Waals surface area contributed by atoms with Crippen LogP contribution in [0.3, 0.4) is 0 Å². The lowest BCUT2D eigenvalue weighted by molar-refractivity contribution is 0.574. The van der Waals surface area contributed by atoms with Gasteiger partial charge < -0.3 is 4.90 Å². The number of fused-ring (bicyclic) bond motifs is 1. The predicted molar refractivity (Wildman–Crippen MR) is 87.4 cm³/mol. The highest BCUT2D eigenvalue weighted by Gasteiger charge is 2.16. The average molecular weight is 319 g/mol. The monoisotopic (exact) mass is 318 g/mol. The number of piperidine rings is 1. The molecule has 0 amide bonds. The zero-order valence-corrected chi connectivity index (χ0v) is 13.1. The summed E-state index contributed by atoms with van der Waals surface area (Å²) in [5.41, 5.74) is 2.01. The Morgan fingerprint density at radius 2 is 1.81 bits per heavy atom. The van der Waals surface area contributed by atoms with Crippen LogP contribution in [0.5, 0.6) is 0 Å². The second-order valence-corrected chi connectivity index (χ2v) is 6.66. The number of anilines is 1. The Kier molecular flexibility index (Phi) is 3.31. The molecule has 0 N–H and O–H groups in total. The van der Waals surface area contributed by atoms with Crippen molar-refractivity contribution in [2.24, 2.45) is 0 Å². The van der Waals surface area contributed by atoms with Gasteiger partial charge in [0.15, 0.2) is 0 Å². The number of rotatable bonds is 2. The topological polar surface area (TPSA) is 33.4 Å². The molecule has 0 atom stereocenters. The van der Waals surface area contributed by atoms with Crippen molar-refractivity contribution in [3.63, 3.8) is 0 Å². The molecule has 4 nitrogen and oxygen atoms in total. The van der Waals surface area contributed by atoms with Crippen LogP contribution in [0.25, 0.3) is 16.2 Å². The van der Waals surface area contributed by atoms with Crippen molar-refractivity contribution in [1.82, 2.24) is 14.6 Å². The number of hydrogen-bond donors (Lipinski definition) is 0. The molecule has 1 aliphatic heterocycles. The summed E-state index contributed by atoms with van der Waals surface area (Å²) in [6, 6.07) is 7.74. The van der Waals surface area contributed by atoms with Crippen molar-refractivity contribution in [3.05, 3.63) is 35.5 Å². The van der Waals surface area contributed by atoms with Gasteiger partial charge in [0.1, 0.15) is 0 Å². The van der Waals surface area contributed by atoms with Gasteiger partial charge in [-0.1, -0.05) is 35.1 Å². The van der Waals surface area contributed by atoms with Gasteiger partial charge >= 0.3 is 0 Å². The van der Waals surface area contributed by atoms with Gasteiger partial charge in [-0.3, -0.25) is 0 Å². The second kappa shape index (κ2) is 5.31. The summed E-state index contributed by atoms with van der Waals surface area (Å²) in [6.45, 7) is 2.22. The maximum atomic E-state index is 5.92. The van der Waals surface area contributed by atoms with Gasteiger partial charge in [-0.25, -0.2) is 9.50 Å². The van der Waals surface area contributed by atoms with Gasteiger partial charge in [0, 0.05) is 23.7 Å². The number of aromatic nitrogens is 3. The van der Waals surface area contributed by atoms with E-state index in [-0.39, 0.29) is 0 Å². The highest BCUT2D eigenvalue weighted by atomic mass is 35.5. The van der Waals surface area contributed by atoms with Gasteiger partial charge in [-0.2, -0.15) is 0 Å². The summed E-state index contributed by atoms with van der Waals surface area (Å²) in [5, 5.41) is 6.50.